The van der Waals surface area contributed by atoms with Crippen LogP contribution in [0.4, 0.5) is 0 Å². The number of ether oxygens (including phenoxy) is 2. The SMILES string of the molecule is CCCC/C=C\C/C=C\CCCCCCCCOCC(COP(=O)(O)OC1C(O)C(O)C(O)C(O)C1O)OC(=O)CCCCCCC/C=C\CCCCCCCCC. The molecule has 1 rings (SSSR count). The van der Waals surface area contributed by atoms with E-state index >= 15 is 0 Å². The van der Waals surface area contributed by atoms with Gasteiger partial charge in [-0.05, 0) is 64.2 Å². The number of rotatable bonds is 38. The Morgan fingerprint density at radius 2 is 0.983 bits per heavy atom. The predicted molar refractivity (Wildman–Crippen MR) is 230 cm³/mol. The first-order chi connectivity index (χ1) is 28.0. The first kappa shape index (κ1) is 54.6. The highest BCUT2D eigenvalue weighted by atomic mass is 31.2. The second-order valence-corrected chi connectivity index (χ2v) is 17.3. The highest BCUT2D eigenvalue weighted by molar-refractivity contribution is 7.47. The van der Waals surface area contributed by atoms with Crippen molar-refractivity contribution < 1.29 is 58.3 Å². The third kappa shape index (κ3) is 28.2. The molecule has 0 spiro atoms. The Morgan fingerprint density at radius 1 is 0.552 bits per heavy atom. The van der Waals surface area contributed by atoms with Crippen LogP contribution in [0.25, 0.3) is 0 Å². The lowest BCUT2D eigenvalue weighted by molar-refractivity contribution is -0.220. The lowest BCUT2D eigenvalue weighted by Gasteiger charge is -2.41. The van der Waals surface area contributed by atoms with Crippen LogP contribution >= 0.6 is 7.82 Å². The van der Waals surface area contributed by atoms with Crippen molar-refractivity contribution in [1.82, 2.24) is 0 Å². The minimum absolute atomic E-state index is 0.0867. The van der Waals surface area contributed by atoms with Gasteiger partial charge in [0.1, 0.15) is 42.7 Å². The van der Waals surface area contributed by atoms with E-state index in [4.69, 9.17) is 18.5 Å². The summed E-state index contributed by atoms with van der Waals surface area (Å²) in [6.07, 6.45) is 29.2. The molecule has 1 fully saturated rings. The molecule has 0 radical (unpaired) electrons. The van der Waals surface area contributed by atoms with E-state index in [0.29, 0.717) is 13.0 Å². The molecule has 6 N–H and O–H groups in total. The van der Waals surface area contributed by atoms with Crippen LogP contribution in [0.5, 0.6) is 0 Å². The van der Waals surface area contributed by atoms with Gasteiger partial charge in [0.05, 0.1) is 13.2 Å². The molecular weight excluding hydrogens is 763 g/mol. The van der Waals surface area contributed by atoms with E-state index in [9.17, 15) is 39.8 Å². The maximum absolute atomic E-state index is 12.8. The van der Waals surface area contributed by atoms with Crippen LogP contribution in [-0.2, 0) is 27.9 Å². The van der Waals surface area contributed by atoms with Crippen LogP contribution in [0.1, 0.15) is 181 Å². The Hall–Kier alpha value is -1.44. The minimum Gasteiger partial charge on any atom is -0.457 e. The smallest absolute Gasteiger partial charge is 0.457 e. The summed E-state index contributed by atoms with van der Waals surface area (Å²) in [5, 5.41) is 50.1. The molecule has 0 amide bonds. The van der Waals surface area contributed by atoms with E-state index in [1.54, 1.807) is 0 Å². The number of esters is 1. The zero-order chi connectivity index (χ0) is 42.7. The molecular formula is C45H83O12P. The molecule has 0 aromatic carbocycles. The van der Waals surface area contributed by atoms with Gasteiger partial charge in [-0.15, -0.1) is 0 Å². The number of hydrogen-bond acceptors (Lipinski definition) is 11. The summed E-state index contributed by atoms with van der Waals surface area (Å²) in [5.41, 5.74) is 0. The number of phosphoric ester groups is 1. The summed E-state index contributed by atoms with van der Waals surface area (Å²) in [5.74, 6) is -0.490. The maximum atomic E-state index is 12.8. The van der Waals surface area contributed by atoms with Gasteiger partial charge in [0.25, 0.3) is 0 Å². The molecule has 1 aliphatic rings. The third-order valence-corrected chi connectivity index (χ3v) is 11.5. The molecule has 0 saturated heterocycles. The minimum atomic E-state index is -5.02. The van der Waals surface area contributed by atoms with E-state index in [1.807, 2.05) is 0 Å². The highest BCUT2D eigenvalue weighted by Gasteiger charge is 2.51. The number of unbranched alkanes of at least 4 members (excludes halogenated alkanes) is 20. The number of carbonyl (C=O) groups excluding carboxylic acids is 1. The molecule has 1 aliphatic carbocycles. The van der Waals surface area contributed by atoms with Crippen LogP contribution in [-0.4, -0.2) is 98.9 Å². The lowest BCUT2D eigenvalue weighted by Crippen LogP contribution is -2.64. The first-order valence-corrected chi connectivity index (χ1v) is 24.3. The summed E-state index contributed by atoms with van der Waals surface area (Å²) in [6, 6.07) is 0. The fourth-order valence-electron chi connectivity index (χ4n) is 6.78. The Bertz CT molecular complexity index is 1100. The molecule has 0 heterocycles. The molecule has 0 bridgehead atoms. The monoisotopic (exact) mass is 847 g/mol. The van der Waals surface area contributed by atoms with E-state index in [1.165, 1.54) is 64.2 Å². The van der Waals surface area contributed by atoms with Crippen molar-refractivity contribution in [3.8, 4) is 0 Å². The van der Waals surface area contributed by atoms with Crippen molar-refractivity contribution >= 4 is 13.8 Å². The van der Waals surface area contributed by atoms with Gasteiger partial charge in [-0.1, -0.05) is 147 Å². The topological polar surface area (TPSA) is 192 Å². The number of aliphatic hydroxyl groups is 5. The Balaban J connectivity index is 2.42. The molecule has 6 atom stereocenters. The molecule has 340 valence electrons. The van der Waals surface area contributed by atoms with Gasteiger partial charge in [-0.2, -0.15) is 0 Å². The van der Waals surface area contributed by atoms with Crippen LogP contribution in [0.15, 0.2) is 36.5 Å². The van der Waals surface area contributed by atoms with Gasteiger partial charge in [0.2, 0.25) is 0 Å². The van der Waals surface area contributed by atoms with Gasteiger partial charge in [0, 0.05) is 13.0 Å². The zero-order valence-electron chi connectivity index (χ0n) is 36.1. The summed E-state index contributed by atoms with van der Waals surface area (Å²) in [7, 11) is -5.02. The van der Waals surface area contributed by atoms with Crippen molar-refractivity contribution in [1.29, 1.82) is 0 Å². The van der Waals surface area contributed by atoms with E-state index in [-0.39, 0.29) is 13.0 Å². The van der Waals surface area contributed by atoms with Crippen molar-refractivity contribution in [2.24, 2.45) is 0 Å². The maximum Gasteiger partial charge on any atom is 0.472 e. The summed E-state index contributed by atoms with van der Waals surface area (Å²) in [4.78, 5) is 23.1. The largest absolute Gasteiger partial charge is 0.472 e. The van der Waals surface area contributed by atoms with Gasteiger partial charge in [0.15, 0.2) is 0 Å². The molecule has 12 nitrogen and oxygen atoms in total. The third-order valence-electron chi connectivity index (χ3n) is 10.5. The van der Waals surface area contributed by atoms with E-state index in [0.717, 1.165) is 89.9 Å². The van der Waals surface area contributed by atoms with Gasteiger partial charge >= 0.3 is 13.8 Å². The first-order valence-electron chi connectivity index (χ1n) is 22.8. The molecule has 0 aromatic heterocycles. The van der Waals surface area contributed by atoms with Gasteiger partial charge in [-0.25, -0.2) is 4.57 Å². The number of carbonyl (C=O) groups is 1. The molecule has 0 aliphatic heterocycles. The average molecular weight is 847 g/mol. The number of allylic oxidation sites excluding steroid dienone is 6. The van der Waals surface area contributed by atoms with Crippen LogP contribution in [0.2, 0.25) is 0 Å². The van der Waals surface area contributed by atoms with Crippen molar-refractivity contribution in [3.05, 3.63) is 36.5 Å². The molecule has 6 unspecified atom stereocenters. The fraction of sp³-hybridized carbons (Fsp3) is 0.844. The van der Waals surface area contributed by atoms with Crippen LogP contribution in [0.3, 0.4) is 0 Å². The van der Waals surface area contributed by atoms with E-state index < -0.39 is 63.1 Å². The molecule has 13 heteroatoms. The fourth-order valence-corrected chi connectivity index (χ4v) is 7.75. The van der Waals surface area contributed by atoms with Crippen molar-refractivity contribution in [2.75, 3.05) is 19.8 Å². The lowest BCUT2D eigenvalue weighted by atomic mass is 9.85. The highest BCUT2D eigenvalue weighted by Crippen LogP contribution is 2.47. The normalized spacial score (nSPS) is 23.0. The van der Waals surface area contributed by atoms with Crippen LogP contribution < -0.4 is 0 Å². The number of hydrogen-bond donors (Lipinski definition) is 6. The summed E-state index contributed by atoms with van der Waals surface area (Å²) >= 11 is 0. The average Bonchev–Trinajstić information content (AvgIpc) is 3.21. The van der Waals surface area contributed by atoms with Gasteiger partial charge < -0.3 is 39.9 Å². The Morgan fingerprint density at radius 3 is 1.52 bits per heavy atom. The van der Waals surface area contributed by atoms with E-state index in [2.05, 4.69) is 50.3 Å². The standard InChI is InChI=1S/C45H83O12P/c1-3-5-7-9-11-13-15-17-19-20-22-24-26-28-30-32-34-39(46)56-38(37-55-58(52,53)57-45-43(50)41(48)40(47)42(49)44(45)51)36-54-35-33-31-29-27-25-23-21-18-16-14-12-10-8-6-4-2/h10,12,16,18-20,38,40-45,47-51H,3-9,11,13-15,17,21-37H2,1-2H3,(H,52,53)/b12-10-,18-16-,20-19-. The predicted octanol–water partition coefficient (Wildman–Crippen LogP) is 9.09. The second kappa shape index (κ2) is 36.2. The van der Waals surface area contributed by atoms with Crippen molar-refractivity contribution in [3.63, 3.8) is 0 Å². The molecule has 0 aromatic rings. The quantitative estimate of drug-likeness (QED) is 0.0150. The molecule has 1 saturated carbocycles. The zero-order valence-corrected chi connectivity index (χ0v) is 37.0. The Labute approximate surface area is 351 Å². The van der Waals surface area contributed by atoms with Crippen molar-refractivity contribution in [2.45, 2.75) is 224 Å². The molecule has 58 heavy (non-hydrogen) atoms. The number of phosphoric acid groups is 1. The number of aliphatic hydroxyl groups excluding tert-OH is 5. The second-order valence-electron chi connectivity index (χ2n) is 15.9. The van der Waals surface area contributed by atoms with Crippen LogP contribution in [0, 0.1) is 0 Å². The van der Waals surface area contributed by atoms with Gasteiger partial charge in [-0.3, -0.25) is 13.8 Å². The summed E-state index contributed by atoms with van der Waals surface area (Å²) in [6.45, 7) is 4.18. The summed E-state index contributed by atoms with van der Waals surface area (Å²) < 4.78 is 34.1. The Kier molecular flexibility index (Phi) is 34.1.